The number of rotatable bonds is 6. The molecule has 98 valence electrons. The summed E-state index contributed by atoms with van der Waals surface area (Å²) in [5.74, 6) is 0.443. The predicted octanol–water partition coefficient (Wildman–Crippen LogP) is 4.52. The van der Waals surface area contributed by atoms with Crippen LogP contribution in [0.4, 0.5) is 0 Å². The van der Waals surface area contributed by atoms with Gasteiger partial charge in [-0.1, -0.05) is 50.3 Å². The maximum absolute atomic E-state index is 4.24. The highest BCUT2D eigenvalue weighted by Gasteiger charge is 2.28. The lowest BCUT2D eigenvalue weighted by atomic mass is 9.83. The van der Waals surface area contributed by atoms with Crippen LogP contribution in [0.1, 0.15) is 33.6 Å². The molecule has 1 rings (SSSR count). The molecule has 1 aliphatic heterocycles. The van der Waals surface area contributed by atoms with Crippen LogP contribution in [0.3, 0.4) is 0 Å². The lowest BCUT2D eigenvalue weighted by Crippen LogP contribution is -2.19. The summed E-state index contributed by atoms with van der Waals surface area (Å²) in [5, 5.41) is 3.45. The first-order valence-corrected chi connectivity index (χ1v) is 6.65. The van der Waals surface area contributed by atoms with Gasteiger partial charge in [-0.2, -0.15) is 0 Å². The second-order valence-electron chi connectivity index (χ2n) is 4.91. The SMILES string of the molecule is C=C/C=C(/C)C(CCC)C1=C(C)NC(C=C)C1=C. The van der Waals surface area contributed by atoms with Crippen LogP contribution < -0.4 is 5.32 Å². The molecule has 0 amide bonds. The molecule has 1 heteroatoms. The number of hydrogen-bond acceptors (Lipinski definition) is 1. The molecule has 1 N–H and O–H groups in total. The largest absolute Gasteiger partial charge is 0.378 e. The molecule has 1 aliphatic rings. The van der Waals surface area contributed by atoms with E-state index in [1.165, 1.54) is 16.8 Å². The van der Waals surface area contributed by atoms with Gasteiger partial charge in [-0.3, -0.25) is 0 Å². The first-order valence-electron chi connectivity index (χ1n) is 6.65. The van der Waals surface area contributed by atoms with E-state index >= 15 is 0 Å². The van der Waals surface area contributed by atoms with Gasteiger partial charge in [-0.05, 0) is 31.4 Å². The number of allylic oxidation sites excluding steroid dienone is 4. The lowest BCUT2D eigenvalue weighted by molar-refractivity contribution is 0.629. The molecule has 0 spiro atoms. The van der Waals surface area contributed by atoms with E-state index in [2.05, 4.69) is 51.9 Å². The van der Waals surface area contributed by atoms with Crippen molar-refractivity contribution >= 4 is 0 Å². The van der Waals surface area contributed by atoms with Crippen LogP contribution in [0.25, 0.3) is 0 Å². The number of hydrogen-bond donors (Lipinski definition) is 1. The maximum Gasteiger partial charge on any atom is 0.0690 e. The average Bonchev–Trinajstić information content (AvgIpc) is 2.62. The summed E-state index contributed by atoms with van der Waals surface area (Å²) in [6.45, 7) is 18.4. The quantitative estimate of drug-likeness (QED) is 0.534. The highest BCUT2D eigenvalue weighted by molar-refractivity contribution is 5.48. The third kappa shape index (κ3) is 2.84. The van der Waals surface area contributed by atoms with Crippen LogP contribution in [-0.2, 0) is 0 Å². The van der Waals surface area contributed by atoms with E-state index in [4.69, 9.17) is 0 Å². The minimum absolute atomic E-state index is 0.191. The topological polar surface area (TPSA) is 12.0 Å². The highest BCUT2D eigenvalue weighted by Crippen LogP contribution is 2.36. The molecule has 0 aromatic rings. The van der Waals surface area contributed by atoms with Crippen LogP contribution in [0.2, 0.25) is 0 Å². The van der Waals surface area contributed by atoms with E-state index in [1.807, 2.05) is 12.2 Å². The Hall–Kier alpha value is -1.50. The van der Waals surface area contributed by atoms with Gasteiger partial charge in [0.15, 0.2) is 0 Å². The van der Waals surface area contributed by atoms with Crippen LogP contribution in [0.5, 0.6) is 0 Å². The minimum atomic E-state index is 0.191. The summed E-state index contributed by atoms with van der Waals surface area (Å²) in [6, 6.07) is 0.191. The fourth-order valence-electron chi connectivity index (χ4n) is 2.68. The van der Waals surface area contributed by atoms with Gasteiger partial charge in [-0.15, -0.1) is 6.58 Å². The third-order valence-corrected chi connectivity index (χ3v) is 3.59. The lowest BCUT2D eigenvalue weighted by Gasteiger charge is -2.21. The maximum atomic E-state index is 4.24. The summed E-state index contributed by atoms with van der Waals surface area (Å²) >= 11 is 0. The zero-order chi connectivity index (χ0) is 13.7. The molecular formula is C17H25N. The van der Waals surface area contributed by atoms with Gasteiger partial charge in [0.2, 0.25) is 0 Å². The fourth-order valence-corrected chi connectivity index (χ4v) is 2.68. The number of nitrogens with one attached hydrogen (secondary N) is 1. The first kappa shape index (κ1) is 14.6. The Morgan fingerprint density at radius 2 is 2.11 bits per heavy atom. The van der Waals surface area contributed by atoms with E-state index < -0.39 is 0 Å². The van der Waals surface area contributed by atoms with Crippen LogP contribution in [0.15, 0.2) is 60.4 Å². The highest BCUT2D eigenvalue weighted by atomic mass is 15.0. The second-order valence-corrected chi connectivity index (χ2v) is 4.91. The van der Waals surface area contributed by atoms with Crippen molar-refractivity contribution in [2.24, 2.45) is 5.92 Å². The molecule has 0 aromatic heterocycles. The fraction of sp³-hybridized carbons (Fsp3) is 0.412. The van der Waals surface area contributed by atoms with E-state index in [1.54, 1.807) is 0 Å². The molecule has 0 saturated heterocycles. The molecule has 2 atom stereocenters. The van der Waals surface area contributed by atoms with Gasteiger partial charge in [0, 0.05) is 11.6 Å². The van der Waals surface area contributed by atoms with E-state index in [-0.39, 0.29) is 6.04 Å². The van der Waals surface area contributed by atoms with Crippen molar-refractivity contribution in [2.45, 2.75) is 39.7 Å². The van der Waals surface area contributed by atoms with Gasteiger partial charge in [0.25, 0.3) is 0 Å². The summed E-state index contributed by atoms with van der Waals surface area (Å²) in [5.41, 5.74) is 5.11. The molecular weight excluding hydrogens is 218 g/mol. The zero-order valence-corrected chi connectivity index (χ0v) is 11.9. The van der Waals surface area contributed by atoms with Gasteiger partial charge in [0.1, 0.15) is 0 Å². The van der Waals surface area contributed by atoms with Crippen LogP contribution in [0, 0.1) is 5.92 Å². The van der Waals surface area contributed by atoms with Gasteiger partial charge < -0.3 is 5.32 Å². The van der Waals surface area contributed by atoms with E-state index in [9.17, 15) is 0 Å². The third-order valence-electron chi connectivity index (χ3n) is 3.59. The molecule has 0 aliphatic carbocycles. The van der Waals surface area contributed by atoms with Gasteiger partial charge in [0.05, 0.1) is 6.04 Å². The normalized spacial score (nSPS) is 21.8. The zero-order valence-electron chi connectivity index (χ0n) is 11.9. The van der Waals surface area contributed by atoms with Crippen molar-refractivity contribution in [1.29, 1.82) is 0 Å². The smallest absolute Gasteiger partial charge is 0.0690 e. The van der Waals surface area contributed by atoms with E-state index in [0.717, 1.165) is 18.4 Å². The van der Waals surface area contributed by atoms with Gasteiger partial charge >= 0.3 is 0 Å². The van der Waals surface area contributed by atoms with Crippen molar-refractivity contribution in [3.63, 3.8) is 0 Å². The first-order chi connectivity index (χ1) is 8.56. The van der Waals surface area contributed by atoms with Crippen LogP contribution >= 0.6 is 0 Å². The standard InChI is InChI=1S/C17H25N/c1-7-10-12(4)15(11-8-2)17-13(5)16(9-3)18-14(17)6/h7,9-10,15-16,18H,1,3,5,8,11H2,2,4,6H3/b12-10-. The molecule has 1 heterocycles. The molecule has 0 bridgehead atoms. The molecule has 0 aromatic carbocycles. The molecule has 0 radical (unpaired) electrons. The van der Waals surface area contributed by atoms with E-state index in [0.29, 0.717) is 5.92 Å². The van der Waals surface area contributed by atoms with Crippen molar-refractivity contribution in [3.05, 3.63) is 60.4 Å². The second kappa shape index (κ2) is 6.44. The molecule has 0 saturated carbocycles. The Morgan fingerprint density at radius 1 is 1.44 bits per heavy atom. The summed E-state index contributed by atoms with van der Waals surface area (Å²) < 4.78 is 0. The Kier molecular flexibility index (Phi) is 5.21. The summed E-state index contributed by atoms with van der Waals surface area (Å²) in [7, 11) is 0. The molecule has 1 nitrogen and oxygen atoms in total. The minimum Gasteiger partial charge on any atom is -0.378 e. The van der Waals surface area contributed by atoms with Crippen molar-refractivity contribution in [1.82, 2.24) is 5.32 Å². The average molecular weight is 243 g/mol. The Balaban J connectivity index is 3.10. The van der Waals surface area contributed by atoms with Crippen LogP contribution in [-0.4, -0.2) is 6.04 Å². The van der Waals surface area contributed by atoms with Crippen molar-refractivity contribution in [3.8, 4) is 0 Å². The molecule has 0 fully saturated rings. The Bertz CT molecular complexity index is 409. The van der Waals surface area contributed by atoms with Crippen molar-refractivity contribution in [2.75, 3.05) is 0 Å². The summed E-state index contributed by atoms with van der Waals surface area (Å²) in [4.78, 5) is 0. The summed E-state index contributed by atoms with van der Waals surface area (Å²) in [6.07, 6.45) is 8.21. The predicted molar refractivity (Wildman–Crippen MR) is 81.3 cm³/mol. The van der Waals surface area contributed by atoms with Crippen molar-refractivity contribution < 1.29 is 0 Å². The van der Waals surface area contributed by atoms with Gasteiger partial charge in [-0.25, -0.2) is 0 Å². The molecule has 18 heavy (non-hydrogen) atoms. The monoisotopic (exact) mass is 243 g/mol. The Morgan fingerprint density at radius 3 is 2.56 bits per heavy atom. The molecule has 2 unspecified atom stereocenters. The Labute approximate surface area is 112 Å².